The van der Waals surface area contributed by atoms with Crippen molar-refractivity contribution in [3.05, 3.63) is 60.2 Å². The maximum atomic E-state index is 5.20. The van der Waals surface area contributed by atoms with Crippen molar-refractivity contribution >= 4 is 18.1 Å². The van der Waals surface area contributed by atoms with Gasteiger partial charge >= 0.3 is 0 Å². The number of hydrogen-bond donors (Lipinski definition) is 0. The lowest BCUT2D eigenvalue weighted by atomic mass is 10.0. The first-order valence-electron chi connectivity index (χ1n) is 7.19. The van der Waals surface area contributed by atoms with Crippen molar-refractivity contribution in [2.45, 2.75) is 26.3 Å². The third-order valence-electron chi connectivity index (χ3n) is 3.65. The Morgan fingerprint density at radius 3 is 2.14 bits per heavy atom. The molecule has 0 radical (unpaired) electrons. The van der Waals surface area contributed by atoms with Crippen LogP contribution in [0.2, 0.25) is 0 Å². The molecule has 0 amide bonds. The molecule has 0 spiro atoms. The van der Waals surface area contributed by atoms with Crippen LogP contribution in [0.25, 0.3) is 0 Å². The number of benzene rings is 2. The molecule has 0 aromatic heterocycles. The van der Waals surface area contributed by atoms with Gasteiger partial charge in [-0.3, -0.25) is 0 Å². The summed E-state index contributed by atoms with van der Waals surface area (Å²) in [5.74, 6) is 0.914. The first kappa shape index (κ1) is 17.4. The van der Waals surface area contributed by atoms with Gasteiger partial charge in [-0.15, -0.1) is 12.4 Å². The standard InChI is InChI=1S/C18H23NO.ClH/c1-4-19(17-8-6-5-7-9-17)15(2)14-16-10-12-18(20-3)13-11-16;/h5-13,15H,4,14H2,1-3H3;1H/t15-;/m1./s1. The van der Waals surface area contributed by atoms with Crippen LogP contribution in [-0.2, 0) is 6.42 Å². The van der Waals surface area contributed by atoms with Crippen LogP contribution in [0.1, 0.15) is 19.4 Å². The van der Waals surface area contributed by atoms with Crippen LogP contribution < -0.4 is 9.64 Å². The summed E-state index contributed by atoms with van der Waals surface area (Å²) in [5, 5.41) is 0. The lowest BCUT2D eigenvalue weighted by molar-refractivity contribution is 0.414. The molecule has 0 aliphatic carbocycles. The van der Waals surface area contributed by atoms with E-state index in [-0.39, 0.29) is 12.4 Å². The van der Waals surface area contributed by atoms with Gasteiger partial charge in [-0.25, -0.2) is 0 Å². The fourth-order valence-corrected chi connectivity index (χ4v) is 2.58. The van der Waals surface area contributed by atoms with Crippen LogP contribution in [0.4, 0.5) is 5.69 Å². The second kappa shape index (κ2) is 8.58. The number of halogens is 1. The molecule has 0 heterocycles. The number of ether oxygens (including phenoxy) is 1. The molecule has 0 saturated carbocycles. The van der Waals surface area contributed by atoms with Gasteiger partial charge in [0.15, 0.2) is 0 Å². The first-order chi connectivity index (χ1) is 9.74. The van der Waals surface area contributed by atoms with E-state index in [4.69, 9.17) is 4.74 Å². The summed E-state index contributed by atoms with van der Waals surface area (Å²) >= 11 is 0. The van der Waals surface area contributed by atoms with Gasteiger partial charge in [-0.2, -0.15) is 0 Å². The van der Waals surface area contributed by atoms with E-state index >= 15 is 0 Å². The smallest absolute Gasteiger partial charge is 0.118 e. The van der Waals surface area contributed by atoms with E-state index in [2.05, 4.69) is 61.2 Å². The monoisotopic (exact) mass is 305 g/mol. The Balaban J connectivity index is 0.00000220. The molecule has 0 saturated heterocycles. The van der Waals surface area contributed by atoms with E-state index in [1.54, 1.807) is 7.11 Å². The molecule has 0 unspecified atom stereocenters. The first-order valence-corrected chi connectivity index (χ1v) is 7.19. The van der Waals surface area contributed by atoms with Crippen LogP contribution in [-0.4, -0.2) is 19.7 Å². The highest BCUT2D eigenvalue weighted by Crippen LogP contribution is 2.19. The van der Waals surface area contributed by atoms with Crippen molar-refractivity contribution in [1.82, 2.24) is 0 Å². The lowest BCUT2D eigenvalue weighted by Crippen LogP contribution is -2.34. The van der Waals surface area contributed by atoms with Crippen LogP contribution in [0.15, 0.2) is 54.6 Å². The topological polar surface area (TPSA) is 12.5 Å². The highest BCUT2D eigenvalue weighted by Gasteiger charge is 2.13. The Kier molecular flexibility index (Phi) is 7.10. The Hall–Kier alpha value is -1.67. The molecule has 2 aromatic rings. The van der Waals surface area contributed by atoms with Crippen molar-refractivity contribution in [2.75, 3.05) is 18.6 Å². The largest absolute Gasteiger partial charge is 0.497 e. The Labute approximate surface area is 134 Å². The average Bonchev–Trinajstić information content (AvgIpc) is 2.50. The molecule has 0 aliphatic heterocycles. The zero-order chi connectivity index (χ0) is 14.4. The number of hydrogen-bond acceptors (Lipinski definition) is 2. The van der Waals surface area contributed by atoms with Crippen molar-refractivity contribution in [3.63, 3.8) is 0 Å². The second-order valence-corrected chi connectivity index (χ2v) is 5.02. The molecule has 2 aromatic carbocycles. The molecule has 0 aliphatic rings. The summed E-state index contributed by atoms with van der Waals surface area (Å²) in [6.07, 6.45) is 1.03. The van der Waals surface area contributed by atoms with E-state index in [0.717, 1.165) is 18.7 Å². The summed E-state index contributed by atoms with van der Waals surface area (Å²) in [5.41, 5.74) is 2.63. The number of nitrogens with zero attached hydrogens (tertiary/aromatic N) is 1. The van der Waals surface area contributed by atoms with E-state index in [0.29, 0.717) is 6.04 Å². The number of methoxy groups -OCH3 is 1. The minimum Gasteiger partial charge on any atom is -0.497 e. The second-order valence-electron chi connectivity index (χ2n) is 5.02. The minimum atomic E-state index is 0. The minimum absolute atomic E-state index is 0. The number of para-hydroxylation sites is 1. The van der Waals surface area contributed by atoms with Crippen molar-refractivity contribution in [3.8, 4) is 5.75 Å². The Morgan fingerprint density at radius 2 is 1.62 bits per heavy atom. The number of anilines is 1. The molecule has 1 atom stereocenters. The molecule has 114 valence electrons. The van der Waals surface area contributed by atoms with E-state index in [1.807, 2.05) is 12.1 Å². The predicted molar refractivity (Wildman–Crippen MR) is 92.9 cm³/mol. The van der Waals surface area contributed by atoms with Crippen molar-refractivity contribution in [1.29, 1.82) is 0 Å². The van der Waals surface area contributed by atoms with Gasteiger partial charge in [0, 0.05) is 18.3 Å². The van der Waals surface area contributed by atoms with Gasteiger partial charge in [0.1, 0.15) is 5.75 Å². The molecular formula is C18H24ClNO. The van der Waals surface area contributed by atoms with Gasteiger partial charge in [0.2, 0.25) is 0 Å². The highest BCUT2D eigenvalue weighted by atomic mass is 35.5. The molecule has 0 bridgehead atoms. The summed E-state index contributed by atoms with van der Waals surface area (Å²) < 4.78 is 5.20. The van der Waals surface area contributed by atoms with Gasteiger partial charge in [-0.1, -0.05) is 30.3 Å². The van der Waals surface area contributed by atoms with Crippen LogP contribution >= 0.6 is 12.4 Å². The SMILES string of the molecule is CCN(c1ccccc1)[C@H](C)Cc1ccc(OC)cc1.Cl. The number of rotatable bonds is 6. The van der Waals surface area contributed by atoms with Gasteiger partial charge in [0.05, 0.1) is 7.11 Å². The van der Waals surface area contributed by atoms with Crippen molar-refractivity contribution in [2.24, 2.45) is 0 Å². The van der Waals surface area contributed by atoms with Gasteiger partial charge in [0.25, 0.3) is 0 Å². The normalized spacial score (nSPS) is 11.4. The third-order valence-corrected chi connectivity index (χ3v) is 3.65. The molecule has 0 fully saturated rings. The zero-order valence-electron chi connectivity index (χ0n) is 13.0. The number of likely N-dealkylation sites (N-methyl/N-ethyl adjacent to an activating group) is 1. The van der Waals surface area contributed by atoms with E-state index < -0.39 is 0 Å². The molecule has 3 heteroatoms. The maximum absolute atomic E-state index is 5.20. The van der Waals surface area contributed by atoms with Gasteiger partial charge < -0.3 is 9.64 Å². The summed E-state index contributed by atoms with van der Waals surface area (Å²) in [7, 11) is 1.70. The quantitative estimate of drug-likeness (QED) is 0.775. The molecule has 2 rings (SSSR count). The summed E-state index contributed by atoms with van der Waals surface area (Å²) in [6, 6.07) is 19.4. The summed E-state index contributed by atoms with van der Waals surface area (Å²) in [4.78, 5) is 2.43. The third kappa shape index (κ3) is 4.68. The zero-order valence-corrected chi connectivity index (χ0v) is 13.8. The molecule has 2 nitrogen and oxygen atoms in total. The average molecular weight is 306 g/mol. The van der Waals surface area contributed by atoms with Crippen LogP contribution in [0.5, 0.6) is 5.75 Å². The molecule has 0 N–H and O–H groups in total. The van der Waals surface area contributed by atoms with E-state index in [1.165, 1.54) is 11.3 Å². The van der Waals surface area contributed by atoms with Gasteiger partial charge in [-0.05, 0) is 50.1 Å². The lowest BCUT2D eigenvalue weighted by Gasteiger charge is -2.30. The van der Waals surface area contributed by atoms with E-state index in [9.17, 15) is 0 Å². The molecule has 21 heavy (non-hydrogen) atoms. The Morgan fingerprint density at radius 1 is 1.00 bits per heavy atom. The summed E-state index contributed by atoms with van der Waals surface area (Å²) in [6.45, 7) is 5.50. The molecular weight excluding hydrogens is 282 g/mol. The van der Waals surface area contributed by atoms with Crippen LogP contribution in [0.3, 0.4) is 0 Å². The Bertz CT molecular complexity index is 513. The highest BCUT2D eigenvalue weighted by molar-refractivity contribution is 5.85. The van der Waals surface area contributed by atoms with Crippen LogP contribution in [0, 0.1) is 0 Å². The fraction of sp³-hybridized carbons (Fsp3) is 0.333. The fourth-order valence-electron chi connectivity index (χ4n) is 2.58. The van der Waals surface area contributed by atoms with Crippen molar-refractivity contribution < 1.29 is 4.74 Å². The maximum Gasteiger partial charge on any atom is 0.118 e. The predicted octanol–water partition coefficient (Wildman–Crippen LogP) is 4.57.